The zero-order chi connectivity index (χ0) is 25.2. The number of carbonyl (C=O) groups is 3. The lowest BCUT2D eigenvalue weighted by molar-refractivity contribution is -0.147. The molecule has 36 heavy (non-hydrogen) atoms. The van der Waals surface area contributed by atoms with Crippen LogP contribution in [-0.2, 0) is 20.7 Å². The number of hydrogen-bond donors (Lipinski definition) is 2. The molecule has 2 amide bonds. The highest BCUT2D eigenvalue weighted by Gasteiger charge is 2.42. The third-order valence-corrected chi connectivity index (χ3v) is 7.04. The summed E-state index contributed by atoms with van der Waals surface area (Å²) in [5.74, 6) is -0.295. The molecule has 11 heteroatoms. The lowest BCUT2D eigenvalue weighted by atomic mass is 10.1. The number of hydrogen-bond acceptors (Lipinski definition) is 8. The third-order valence-electron chi connectivity index (χ3n) is 7.04. The summed E-state index contributed by atoms with van der Waals surface area (Å²) >= 11 is 0. The number of carboxylic acid groups (broad SMARTS) is 1. The monoisotopic (exact) mass is 498 g/mol. The summed E-state index contributed by atoms with van der Waals surface area (Å²) in [4.78, 5) is 47.5. The van der Waals surface area contributed by atoms with Gasteiger partial charge < -0.3 is 29.5 Å². The van der Waals surface area contributed by atoms with Crippen molar-refractivity contribution in [3.8, 4) is 11.6 Å². The maximum absolute atomic E-state index is 12.8. The molecule has 2 aliphatic heterocycles. The number of carboxylic acids is 1. The molecule has 0 spiro atoms. The van der Waals surface area contributed by atoms with Crippen molar-refractivity contribution in [1.29, 1.82) is 0 Å². The number of amides is 2. The Bertz CT molecular complexity index is 1170. The van der Waals surface area contributed by atoms with Crippen molar-refractivity contribution in [3.05, 3.63) is 23.9 Å². The first-order valence-electron chi connectivity index (χ1n) is 12.4. The number of methoxy groups -OCH3 is 1. The van der Waals surface area contributed by atoms with Crippen LogP contribution in [0.5, 0.6) is 11.6 Å². The Kier molecular flexibility index (Phi) is 6.80. The maximum Gasteiger partial charge on any atom is 0.407 e. The number of aromatic nitrogens is 2. The number of aryl methyl sites for hydroxylation is 1. The number of nitrogens with zero attached hydrogens (tertiary/aromatic N) is 3. The second kappa shape index (κ2) is 10.2. The highest BCUT2D eigenvalue weighted by atomic mass is 16.6. The van der Waals surface area contributed by atoms with E-state index < -0.39 is 30.1 Å². The van der Waals surface area contributed by atoms with Crippen LogP contribution < -0.4 is 14.8 Å². The molecule has 2 N–H and O–H groups in total. The van der Waals surface area contributed by atoms with Crippen LogP contribution in [-0.4, -0.2) is 76.4 Å². The molecule has 4 atom stereocenters. The normalized spacial score (nSPS) is 27.0. The molecule has 1 aromatic carbocycles. The molecular formula is C25H30N4O7. The molecule has 1 saturated carbocycles. The van der Waals surface area contributed by atoms with Crippen molar-refractivity contribution in [2.45, 2.75) is 63.2 Å². The van der Waals surface area contributed by atoms with Crippen LogP contribution in [0.4, 0.5) is 4.79 Å². The Labute approximate surface area is 208 Å². The van der Waals surface area contributed by atoms with Gasteiger partial charge >= 0.3 is 12.1 Å². The van der Waals surface area contributed by atoms with E-state index in [-0.39, 0.29) is 25.6 Å². The first-order chi connectivity index (χ1) is 17.4. The molecule has 1 unspecified atom stereocenters. The number of fused-ring (bicyclic) bond motifs is 5. The average molecular weight is 499 g/mol. The highest BCUT2D eigenvalue weighted by Crippen LogP contribution is 2.38. The molecule has 2 aromatic rings. The van der Waals surface area contributed by atoms with Gasteiger partial charge in [-0.3, -0.25) is 4.79 Å². The SMILES string of the molecule is COc1ccc2nc3c(nc2c1)O[C@@H]1CC(C(=O)O)N(C1)C(=O)CNC(=O)O[C@@H]1C[C@H]1CCCCC3. The Morgan fingerprint density at radius 3 is 2.81 bits per heavy atom. The molecule has 5 rings (SSSR count). The maximum atomic E-state index is 12.8. The van der Waals surface area contributed by atoms with E-state index in [0.29, 0.717) is 35.2 Å². The van der Waals surface area contributed by atoms with Crippen LogP contribution in [0.3, 0.4) is 0 Å². The van der Waals surface area contributed by atoms with E-state index >= 15 is 0 Å². The van der Waals surface area contributed by atoms with Crippen molar-refractivity contribution in [3.63, 3.8) is 0 Å². The number of nitrogens with one attached hydrogen (secondary N) is 1. The molecule has 1 saturated heterocycles. The topological polar surface area (TPSA) is 140 Å². The summed E-state index contributed by atoms with van der Waals surface area (Å²) in [6, 6.07) is 4.40. The molecular weight excluding hydrogens is 468 g/mol. The fourth-order valence-electron chi connectivity index (χ4n) is 4.96. The van der Waals surface area contributed by atoms with Crippen LogP contribution in [0.15, 0.2) is 18.2 Å². The summed E-state index contributed by atoms with van der Waals surface area (Å²) in [6.45, 7) is -0.276. The predicted molar refractivity (Wildman–Crippen MR) is 127 cm³/mol. The Balaban J connectivity index is 1.42. The van der Waals surface area contributed by atoms with E-state index in [1.54, 1.807) is 13.2 Å². The van der Waals surface area contributed by atoms with Crippen molar-refractivity contribution in [1.82, 2.24) is 20.2 Å². The van der Waals surface area contributed by atoms with Crippen LogP contribution in [0.25, 0.3) is 11.0 Å². The van der Waals surface area contributed by atoms with Crippen LogP contribution in [0.2, 0.25) is 0 Å². The molecule has 192 valence electrons. The van der Waals surface area contributed by atoms with Crippen LogP contribution in [0.1, 0.15) is 44.2 Å². The van der Waals surface area contributed by atoms with E-state index in [1.165, 1.54) is 4.90 Å². The summed E-state index contributed by atoms with van der Waals surface area (Å²) < 4.78 is 16.9. The Morgan fingerprint density at radius 1 is 1.14 bits per heavy atom. The number of benzene rings is 1. The lowest BCUT2D eigenvalue weighted by Gasteiger charge is -2.21. The summed E-state index contributed by atoms with van der Waals surface area (Å²) in [5.41, 5.74) is 2.05. The minimum absolute atomic E-state index is 0.0640. The quantitative estimate of drug-likeness (QED) is 0.638. The second-order valence-corrected chi connectivity index (χ2v) is 9.60. The molecule has 3 heterocycles. The van der Waals surface area contributed by atoms with Crippen LogP contribution in [0, 0.1) is 5.92 Å². The van der Waals surface area contributed by atoms with Crippen molar-refractivity contribution < 1.29 is 33.7 Å². The molecule has 11 nitrogen and oxygen atoms in total. The van der Waals surface area contributed by atoms with E-state index in [2.05, 4.69) is 5.32 Å². The molecule has 1 aromatic heterocycles. The van der Waals surface area contributed by atoms with Gasteiger partial charge in [0.1, 0.15) is 36.2 Å². The first kappa shape index (κ1) is 24.1. The average Bonchev–Trinajstić information content (AvgIpc) is 3.44. The van der Waals surface area contributed by atoms with Gasteiger partial charge in [0.15, 0.2) is 0 Å². The Hall–Kier alpha value is -3.63. The van der Waals surface area contributed by atoms with Gasteiger partial charge in [-0.15, -0.1) is 0 Å². The smallest absolute Gasteiger partial charge is 0.407 e. The minimum Gasteiger partial charge on any atom is -0.497 e. The lowest BCUT2D eigenvalue weighted by Crippen LogP contribution is -2.46. The number of carbonyl (C=O) groups excluding carboxylic acids is 2. The Morgan fingerprint density at radius 2 is 2.00 bits per heavy atom. The van der Waals surface area contributed by atoms with Gasteiger partial charge in [-0.2, -0.15) is 0 Å². The molecule has 2 bridgehead atoms. The predicted octanol–water partition coefficient (Wildman–Crippen LogP) is 2.30. The van der Waals surface area contributed by atoms with Gasteiger partial charge in [-0.25, -0.2) is 19.6 Å². The fourth-order valence-corrected chi connectivity index (χ4v) is 4.96. The second-order valence-electron chi connectivity index (χ2n) is 9.60. The van der Waals surface area contributed by atoms with Crippen molar-refractivity contribution >= 4 is 29.0 Å². The van der Waals surface area contributed by atoms with Crippen molar-refractivity contribution in [2.75, 3.05) is 20.2 Å². The largest absolute Gasteiger partial charge is 0.497 e. The van der Waals surface area contributed by atoms with Gasteiger partial charge in [0.25, 0.3) is 0 Å². The zero-order valence-corrected chi connectivity index (χ0v) is 20.1. The van der Waals surface area contributed by atoms with Crippen molar-refractivity contribution in [2.24, 2.45) is 5.92 Å². The number of ether oxygens (including phenoxy) is 3. The molecule has 2 fully saturated rings. The fraction of sp³-hybridized carbons (Fsp3) is 0.560. The van der Waals surface area contributed by atoms with E-state index in [4.69, 9.17) is 24.2 Å². The highest BCUT2D eigenvalue weighted by molar-refractivity contribution is 5.87. The van der Waals surface area contributed by atoms with E-state index in [0.717, 1.165) is 37.6 Å². The number of rotatable bonds is 2. The molecule has 0 radical (unpaired) electrons. The van der Waals surface area contributed by atoms with E-state index in [9.17, 15) is 19.5 Å². The zero-order valence-electron chi connectivity index (χ0n) is 20.1. The summed E-state index contributed by atoms with van der Waals surface area (Å²) in [5, 5.41) is 12.2. The van der Waals surface area contributed by atoms with Gasteiger partial charge in [-0.1, -0.05) is 12.8 Å². The van der Waals surface area contributed by atoms with Gasteiger partial charge in [0, 0.05) is 12.5 Å². The van der Waals surface area contributed by atoms with Gasteiger partial charge in [-0.05, 0) is 43.7 Å². The first-order valence-corrected chi connectivity index (χ1v) is 12.4. The third kappa shape index (κ3) is 5.29. The summed E-state index contributed by atoms with van der Waals surface area (Å²) in [7, 11) is 1.58. The summed E-state index contributed by atoms with van der Waals surface area (Å²) in [6.07, 6.45) is 4.10. The molecule has 3 aliphatic rings. The van der Waals surface area contributed by atoms with Crippen LogP contribution >= 0.6 is 0 Å². The number of aliphatic carboxylic acids is 1. The standard InChI is InChI=1S/C25H30N4O7/c1-34-15-7-8-17-19(10-15)28-23-18(27-17)6-4-2-3-5-14-9-21(14)36-25(33)26-12-22(30)29-13-16(35-23)11-20(29)24(31)32/h7-8,10,14,16,20-21H,2-6,9,11-13H2,1H3,(H,26,33)(H,31,32)/t14-,16-,20?,21-/m1/s1. The van der Waals surface area contributed by atoms with Gasteiger partial charge in [0.2, 0.25) is 11.8 Å². The van der Waals surface area contributed by atoms with E-state index in [1.807, 2.05) is 12.1 Å². The van der Waals surface area contributed by atoms with Gasteiger partial charge in [0.05, 0.1) is 24.7 Å². The number of alkyl carbamates (subject to hydrolysis) is 1. The minimum atomic E-state index is -1.13. The molecule has 1 aliphatic carbocycles.